The van der Waals surface area contributed by atoms with E-state index in [1.807, 2.05) is 24.3 Å². The lowest BCUT2D eigenvalue weighted by Gasteiger charge is -2.22. The van der Waals surface area contributed by atoms with Crippen molar-refractivity contribution in [1.82, 2.24) is 24.6 Å². The number of aromatic nitrogens is 5. The Kier molecular flexibility index (Phi) is 6.52. The second kappa shape index (κ2) is 10.5. The number of fused-ring (bicyclic) bond motifs is 2. The molecular formula is C31H22N6O3S2. The average molecular weight is 591 g/mol. The lowest BCUT2D eigenvalue weighted by atomic mass is 9.97. The molecule has 2 aromatic carbocycles. The van der Waals surface area contributed by atoms with Crippen molar-refractivity contribution in [2.45, 2.75) is 23.1 Å². The zero-order chi connectivity index (χ0) is 28.8. The van der Waals surface area contributed by atoms with Gasteiger partial charge in [0.1, 0.15) is 11.3 Å². The van der Waals surface area contributed by atoms with Crippen LogP contribution < -0.4 is 4.90 Å². The fourth-order valence-corrected chi connectivity index (χ4v) is 7.20. The molecule has 0 aliphatic carbocycles. The Morgan fingerprint density at radius 3 is 2.69 bits per heavy atom. The van der Waals surface area contributed by atoms with E-state index >= 15 is 0 Å². The maximum absolute atomic E-state index is 13.6. The topological polar surface area (TPSA) is 114 Å². The molecule has 4 aromatic heterocycles. The van der Waals surface area contributed by atoms with E-state index in [2.05, 4.69) is 44.4 Å². The highest BCUT2D eigenvalue weighted by atomic mass is 32.2. The lowest BCUT2D eigenvalue weighted by Crippen LogP contribution is -2.29. The number of nitrogens with zero attached hydrogens (tertiary/aromatic N) is 6. The van der Waals surface area contributed by atoms with Gasteiger partial charge in [0.25, 0.3) is 5.78 Å². The van der Waals surface area contributed by atoms with Gasteiger partial charge in [-0.05, 0) is 47.0 Å². The van der Waals surface area contributed by atoms with Gasteiger partial charge in [-0.15, -0.1) is 10.2 Å². The molecule has 1 unspecified atom stereocenters. The molecular weight excluding hydrogens is 569 g/mol. The SMILES string of the molecule is Cc1nc2ccccn2c1C(O)=C1C(=O)C(=O)N(c2nnc(SCc3cccc4ccccc34)s2)C1c1cccnc1. The van der Waals surface area contributed by atoms with Crippen molar-refractivity contribution in [1.29, 1.82) is 0 Å². The van der Waals surface area contributed by atoms with Gasteiger partial charge in [-0.3, -0.25) is 23.9 Å². The van der Waals surface area contributed by atoms with E-state index in [1.54, 1.807) is 54.2 Å². The smallest absolute Gasteiger partial charge is 0.301 e. The van der Waals surface area contributed by atoms with E-state index in [0.717, 1.165) is 10.9 Å². The highest BCUT2D eigenvalue weighted by Crippen LogP contribution is 2.44. The number of ketones is 1. The molecule has 5 heterocycles. The number of Topliss-reactive ketones (excluding diaryl/α,β-unsaturated/α-hetero) is 1. The van der Waals surface area contributed by atoms with Gasteiger partial charge < -0.3 is 5.11 Å². The summed E-state index contributed by atoms with van der Waals surface area (Å²) in [4.78, 5) is 37.2. The summed E-state index contributed by atoms with van der Waals surface area (Å²) in [6.45, 7) is 1.75. The first-order valence-electron chi connectivity index (χ1n) is 13.1. The minimum atomic E-state index is -0.948. The number of carbonyl (C=O) groups is 2. The number of amides is 1. The third-order valence-corrected chi connectivity index (χ3v) is 9.31. The molecule has 0 bridgehead atoms. The number of rotatable bonds is 6. The monoisotopic (exact) mass is 590 g/mol. The quantitative estimate of drug-likeness (QED) is 0.0831. The fourth-order valence-electron chi connectivity index (χ4n) is 5.33. The molecule has 1 aliphatic rings. The van der Waals surface area contributed by atoms with Crippen molar-refractivity contribution >= 4 is 62.1 Å². The predicted octanol–water partition coefficient (Wildman–Crippen LogP) is 5.96. The number of aliphatic hydroxyl groups excluding tert-OH is 1. The van der Waals surface area contributed by atoms with Crippen molar-refractivity contribution in [2.24, 2.45) is 0 Å². The van der Waals surface area contributed by atoms with Crippen LogP contribution in [0.2, 0.25) is 0 Å². The first kappa shape index (κ1) is 26.1. The second-order valence-electron chi connectivity index (χ2n) is 9.71. The summed E-state index contributed by atoms with van der Waals surface area (Å²) in [5.74, 6) is -1.25. The van der Waals surface area contributed by atoms with Crippen LogP contribution in [0.1, 0.15) is 28.6 Å². The van der Waals surface area contributed by atoms with E-state index in [-0.39, 0.29) is 16.5 Å². The molecule has 1 aliphatic heterocycles. The van der Waals surface area contributed by atoms with Crippen molar-refractivity contribution in [3.05, 3.63) is 119 Å². The molecule has 6 aromatic rings. The first-order chi connectivity index (χ1) is 20.5. The number of hydrogen-bond donors (Lipinski definition) is 1. The van der Waals surface area contributed by atoms with Gasteiger partial charge in [-0.1, -0.05) is 77.7 Å². The number of aryl methyl sites for hydroxylation is 1. The number of anilines is 1. The number of pyridine rings is 2. The fraction of sp³-hybridized carbons (Fsp3) is 0.0968. The molecule has 0 radical (unpaired) electrons. The van der Waals surface area contributed by atoms with E-state index in [1.165, 1.54) is 33.4 Å². The highest BCUT2D eigenvalue weighted by Gasteiger charge is 2.49. The molecule has 7 rings (SSSR count). The molecule has 9 nitrogen and oxygen atoms in total. The zero-order valence-electron chi connectivity index (χ0n) is 22.2. The number of benzene rings is 2. The Morgan fingerprint density at radius 1 is 1.00 bits per heavy atom. The van der Waals surface area contributed by atoms with Gasteiger partial charge in [0.2, 0.25) is 5.13 Å². The van der Waals surface area contributed by atoms with Gasteiger partial charge in [-0.25, -0.2) is 4.98 Å². The van der Waals surface area contributed by atoms with Crippen LogP contribution in [0.3, 0.4) is 0 Å². The maximum atomic E-state index is 13.6. The molecule has 1 fully saturated rings. The van der Waals surface area contributed by atoms with E-state index in [0.29, 0.717) is 32.7 Å². The summed E-state index contributed by atoms with van der Waals surface area (Å²) in [7, 11) is 0. The second-order valence-corrected chi connectivity index (χ2v) is 11.9. The average Bonchev–Trinajstić information content (AvgIpc) is 3.69. The Balaban J connectivity index is 1.28. The minimum Gasteiger partial charge on any atom is -0.505 e. The van der Waals surface area contributed by atoms with Gasteiger partial charge in [0.05, 0.1) is 17.3 Å². The Bertz CT molecular complexity index is 2030. The summed E-state index contributed by atoms with van der Waals surface area (Å²) in [5, 5.41) is 22.9. The van der Waals surface area contributed by atoms with Crippen molar-refractivity contribution < 1.29 is 14.7 Å². The molecule has 1 amide bonds. The normalized spacial score (nSPS) is 16.6. The van der Waals surface area contributed by atoms with Crippen molar-refractivity contribution in [2.75, 3.05) is 4.90 Å². The van der Waals surface area contributed by atoms with Crippen LogP contribution in [0.25, 0.3) is 22.2 Å². The van der Waals surface area contributed by atoms with Crippen LogP contribution in [-0.4, -0.2) is 41.4 Å². The minimum absolute atomic E-state index is 0.0538. The number of imidazole rings is 1. The predicted molar refractivity (Wildman–Crippen MR) is 162 cm³/mol. The molecule has 206 valence electrons. The number of hydrogen-bond acceptors (Lipinski definition) is 9. The zero-order valence-corrected chi connectivity index (χ0v) is 23.8. The third-order valence-electron chi connectivity index (χ3n) is 7.21. The molecule has 1 N–H and O–H groups in total. The van der Waals surface area contributed by atoms with Gasteiger partial charge in [0, 0.05) is 24.3 Å². The van der Waals surface area contributed by atoms with Crippen LogP contribution >= 0.6 is 23.1 Å². The van der Waals surface area contributed by atoms with E-state index < -0.39 is 17.7 Å². The number of aliphatic hydroxyl groups is 1. The Morgan fingerprint density at radius 2 is 1.83 bits per heavy atom. The van der Waals surface area contributed by atoms with Crippen molar-refractivity contribution in [3.8, 4) is 0 Å². The van der Waals surface area contributed by atoms with Crippen LogP contribution in [0.5, 0.6) is 0 Å². The van der Waals surface area contributed by atoms with Gasteiger partial charge >= 0.3 is 5.91 Å². The Hall–Kier alpha value is -4.87. The largest absolute Gasteiger partial charge is 0.505 e. The van der Waals surface area contributed by atoms with Gasteiger partial charge in [0.15, 0.2) is 10.1 Å². The third kappa shape index (κ3) is 4.34. The summed E-state index contributed by atoms with van der Waals surface area (Å²) in [6.07, 6.45) is 4.94. The first-order valence-corrected chi connectivity index (χ1v) is 14.9. The van der Waals surface area contributed by atoms with Crippen molar-refractivity contribution in [3.63, 3.8) is 0 Å². The lowest BCUT2D eigenvalue weighted by molar-refractivity contribution is -0.132. The van der Waals surface area contributed by atoms with Crippen LogP contribution in [-0.2, 0) is 15.3 Å². The molecule has 11 heteroatoms. The molecule has 1 atom stereocenters. The summed E-state index contributed by atoms with van der Waals surface area (Å²) in [6, 6.07) is 22.4. The van der Waals surface area contributed by atoms with Crippen LogP contribution in [0.4, 0.5) is 5.13 Å². The van der Waals surface area contributed by atoms with Crippen LogP contribution in [0, 0.1) is 6.92 Å². The molecule has 1 saturated heterocycles. The van der Waals surface area contributed by atoms with E-state index in [9.17, 15) is 14.7 Å². The molecule has 0 saturated carbocycles. The molecule has 42 heavy (non-hydrogen) atoms. The summed E-state index contributed by atoms with van der Waals surface area (Å²) in [5.41, 5.74) is 3.15. The standard InChI is InChI=1S/C31H22N6O3S2/c1-18-25(36-15-5-4-13-23(36)33-18)27(38)24-26(20-11-7-14-32-16-20)37(29(40)28(24)39)30-34-35-31(42-30)41-17-21-10-6-9-19-8-2-3-12-22(19)21/h2-16,26,38H,17H2,1H3. The van der Waals surface area contributed by atoms with E-state index in [4.69, 9.17) is 0 Å². The van der Waals surface area contributed by atoms with Crippen LogP contribution in [0.15, 0.2) is 101 Å². The highest BCUT2D eigenvalue weighted by molar-refractivity contribution is 8.00. The molecule has 0 spiro atoms. The number of thioether (sulfide) groups is 1. The summed E-state index contributed by atoms with van der Waals surface area (Å²) >= 11 is 2.74. The Labute approximate surface area is 248 Å². The number of carbonyl (C=O) groups excluding carboxylic acids is 2. The van der Waals surface area contributed by atoms with Gasteiger partial charge in [-0.2, -0.15) is 0 Å². The maximum Gasteiger partial charge on any atom is 0.301 e. The summed E-state index contributed by atoms with van der Waals surface area (Å²) < 4.78 is 2.35.